The number of carbonyl (C=O) groups is 2. The van der Waals surface area contributed by atoms with E-state index in [-0.39, 0.29) is 32.0 Å². The highest BCUT2D eigenvalue weighted by molar-refractivity contribution is 7.99. The van der Waals surface area contributed by atoms with Crippen LogP contribution in [0.1, 0.15) is 48.0 Å². The molecule has 3 aromatic carbocycles. The predicted molar refractivity (Wildman–Crippen MR) is 171 cm³/mol. The molecule has 3 N–H and O–H groups in total. The van der Waals surface area contributed by atoms with E-state index < -0.39 is 18.3 Å². The molecule has 0 radical (unpaired) electrons. The number of urea groups is 1. The number of hydrogen-bond acceptors (Lipinski definition) is 8. The Balaban J connectivity index is 1.25. The Morgan fingerprint density at radius 3 is 2.49 bits per heavy atom. The molecule has 10 nitrogen and oxygen atoms in total. The lowest BCUT2D eigenvalue weighted by molar-refractivity contribution is -0.245. The van der Waals surface area contributed by atoms with Crippen LogP contribution in [0.4, 0.5) is 4.79 Å². The van der Waals surface area contributed by atoms with Gasteiger partial charge in [-0.25, -0.2) is 9.78 Å². The number of rotatable bonds is 12. The molecule has 1 aliphatic heterocycles. The van der Waals surface area contributed by atoms with Crippen molar-refractivity contribution < 1.29 is 28.9 Å². The van der Waals surface area contributed by atoms with Gasteiger partial charge in [-0.05, 0) is 40.8 Å². The fourth-order valence-corrected chi connectivity index (χ4v) is 5.93. The minimum absolute atomic E-state index is 0.00130. The van der Waals surface area contributed by atoms with Gasteiger partial charge in [0.1, 0.15) is 6.54 Å². The molecule has 0 bridgehead atoms. The summed E-state index contributed by atoms with van der Waals surface area (Å²) < 4.78 is 19.8. The predicted octanol–water partition coefficient (Wildman–Crippen LogP) is 5.28. The van der Waals surface area contributed by atoms with Crippen LogP contribution in [0.5, 0.6) is 0 Å². The summed E-state index contributed by atoms with van der Waals surface area (Å²) in [7, 11) is 1.98. The SMILES string of the molecule is CCOC(=O)CNC(=O)NCc1cccc(-c2ccc(C3OC(CSc4nccn4C)CC(c4ccc(CO)cc4)O3)cc2)c1. The molecule has 4 aromatic rings. The Kier molecular flexibility index (Phi) is 11.3. The van der Waals surface area contributed by atoms with E-state index in [2.05, 4.69) is 15.6 Å². The Morgan fingerprint density at radius 1 is 1.00 bits per heavy atom. The first-order valence-corrected chi connectivity index (χ1v) is 15.9. The summed E-state index contributed by atoms with van der Waals surface area (Å²) in [5, 5.41) is 15.7. The van der Waals surface area contributed by atoms with Crippen molar-refractivity contribution in [3.63, 3.8) is 0 Å². The van der Waals surface area contributed by atoms with E-state index >= 15 is 0 Å². The van der Waals surface area contributed by atoms with Gasteiger partial charge in [0.15, 0.2) is 11.4 Å². The van der Waals surface area contributed by atoms with Crippen molar-refractivity contribution in [1.29, 1.82) is 0 Å². The molecule has 0 spiro atoms. The van der Waals surface area contributed by atoms with Crippen LogP contribution in [0.3, 0.4) is 0 Å². The second-order valence-electron chi connectivity index (χ2n) is 10.6. The van der Waals surface area contributed by atoms with E-state index in [4.69, 9.17) is 14.2 Å². The molecule has 3 unspecified atom stereocenters. The number of imidazole rings is 1. The smallest absolute Gasteiger partial charge is 0.325 e. The first-order valence-electron chi connectivity index (χ1n) is 14.9. The molecule has 11 heteroatoms. The highest BCUT2D eigenvalue weighted by atomic mass is 32.2. The molecule has 236 valence electrons. The minimum atomic E-state index is -0.550. The second kappa shape index (κ2) is 15.7. The van der Waals surface area contributed by atoms with Crippen LogP contribution in [0, 0.1) is 0 Å². The largest absolute Gasteiger partial charge is 0.465 e. The number of esters is 1. The third kappa shape index (κ3) is 8.95. The topological polar surface area (TPSA) is 124 Å². The number of nitrogens with zero attached hydrogens (tertiary/aromatic N) is 2. The molecule has 0 aliphatic carbocycles. The lowest BCUT2D eigenvalue weighted by Gasteiger charge is -2.36. The average Bonchev–Trinajstić information content (AvgIpc) is 3.50. The molecular weight excluding hydrogens is 592 g/mol. The summed E-state index contributed by atoms with van der Waals surface area (Å²) in [5.74, 6) is 0.253. The van der Waals surface area contributed by atoms with Gasteiger partial charge in [-0.3, -0.25) is 4.79 Å². The van der Waals surface area contributed by atoms with E-state index in [0.717, 1.165) is 44.3 Å². The van der Waals surface area contributed by atoms with Gasteiger partial charge in [-0.1, -0.05) is 78.5 Å². The third-order valence-corrected chi connectivity index (χ3v) is 8.58. The molecule has 2 amide bonds. The van der Waals surface area contributed by atoms with Crippen LogP contribution < -0.4 is 10.6 Å². The Morgan fingerprint density at radius 2 is 1.78 bits per heavy atom. The van der Waals surface area contributed by atoms with Gasteiger partial charge in [0.05, 0.1) is 25.4 Å². The maximum absolute atomic E-state index is 12.1. The fraction of sp³-hybridized carbons (Fsp3) is 0.324. The number of benzene rings is 3. The Hall–Kier alpha value is -4.16. The van der Waals surface area contributed by atoms with Gasteiger partial charge in [0.2, 0.25) is 0 Å². The number of thioether (sulfide) groups is 1. The van der Waals surface area contributed by atoms with Gasteiger partial charge in [0, 0.05) is 43.7 Å². The Bertz CT molecular complexity index is 1560. The fourth-order valence-electron chi connectivity index (χ4n) is 4.98. The van der Waals surface area contributed by atoms with Gasteiger partial charge in [0.25, 0.3) is 0 Å². The number of ether oxygens (including phenoxy) is 3. The van der Waals surface area contributed by atoms with Gasteiger partial charge in [-0.2, -0.15) is 0 Å². The van der Waals surface area contributed by atoms with Crippen LogP contribution in [-0.2, 0) is 39.2 Å². The molecule has 1 aromatic heterocycles. The molecule has 5 rings (SSSR count). The zero-order chi connectivity index (χ0) is 31.6. The van der Waals surface area contributed by atoms with E-state index in [1.807, 2.05) is 90.6 Å². The Labute approximate surface area is 267 Å². The number of amides is 2. The van der Waals surface area contributed by atoms with E-state index in [0.29, 0.717) is 13.0 Å². The van der Waals surface area contributed by atoms with Crippen LogP contribution >= 0.6 is 11.8 Å². The number of aliphatic hydroxyl groups is 1. The highest BCUT2D eigenvalue weighted by Gasteiger charge is 2.32. The zero-order valence-electron chi connectivity index (χ0n) is 25.3. The third-order valence-electron chi connectivity index (χ3n) is 7.39. The normalized spacial score (nSPS) is 17.9. The zero-order valence-corrected chi connectivity index (χ0v) is 26.2. The van der Waals surface area contributed by atoms with Crippen molar-refractivity contribution in [2.45, 2.75) is 50.2 Å². The maximum Gasteiger partial charge on any atom is 0.325 e. The molecule has 2 heterocycles. The van der Waals surface area contributed by atoms with Crippen molar-refractivity contribution in [3.8, 4) is 11.1 Å². The van der Waals surface area contributed by atoms with Crippen LogP contribution in [-0.4, -0.2) is 51.7 Å². The van der Waals surface area contributed by atoms with E-state index in [9.17, 15) is 14.7 Å². The summed E-state index contributed by atoms with van der Waals surface area (Å²) in [6.07, 6.45) is 3.65. The first kappa shape index (κ1) is 32.2. The molecular formula is C34H38N4O6S. The van der Waals surface area contributed by atoms with Crippen molar-refractivity contribution in [3.05, 3.63) is 107 Å². The molecule has 3 atom stereocenters. The highest BCUT2D eigenvalue weighted by Crippen LogP contribution is 2.39. The van der Waals surface area contributed by atoms with Crippen LogP contribution in [0.15, 0.2) is 90.3 Å². The average molecular weight is 631 g/mol. The number of aromatic nitrogens is 2. The van der Waals surface area contributed by atoms with Gasteiger partial charge < -0.3 is 34.5 Å². The summed E-state index contributed by atoms with van der Waals surface area (Å²) in [4.78, 5) is 28.0. The lowest BCUT2D eigenvalue weighted by atomic mass is 9.99. The van der Waals surface area contributed by atoms with Crippen LogP contribution in [0.2, 0.25) is 0 Å². The number of aryl methyl sites for hydroxylation is 1. The standard InChI is InChI=1S/C34H38N4O6S/c1-3-42-31(40)20-37-33(41)36-19-24-5-4-6-28(17-24)25-11-13-27(14-12-25)32-43-29(22-45-34-35-15-16-38(34)2)18-30(44-32)26-9-7-23(21-39)8-10-26/h4-17,29-30,32,39H,3,18-22H2,1-2H3,(H2,36,37,41). The summed E-state index contributed by atoms with van der Waals surface area (Å²) in [5.41, 5.74) is 5.76. The van der Waals surface area contributed by atoms with E-state index in [1.54, 1.807) is 24.9 Å². The van der Waals surface area contributed by atoms with Crippen LogP contribution in [0.25, 0.3) is 11.1 Å². The molecule has 0 saturated carbocycles. The maximum atomic E-state index is 12.1. The van der Waals surface area contributed by atoms with Crippen molar-refractivity contribution in [1.82, 2.24) is 20.2 Å². The molecule has 1 aliphatic rings. The number of aliphatic hydroxyl groups excluding tert-OH is 1. The summed E-state index contributed by atoms with van der Waals surface area (Å²) in [6, 6.07) is 23.5. The first-order chi connectivity index (χ1) is 21.9. The van der Waals surface area contributed by atoms with Crippen molar-refractivity contribution in [2.75, 3.05) is 18.9 Å². The number of carbonyl (C=O) groups excluding carboxylic acids is 2. The summed E-state index contributed by atoms with van der Waals surface area (Å²) in [6.45, 7) is 2.11. The van der Waals surface area contributed by atoms with Crippen molar-refractivity contribution >= 4 is 23.8 Å². The number of nitrogens with one attached hydrogen (secondary N) is 2. The van der Waals surface area contributed by atoms with E-state index in [1.165, 1.54) is 0 Å². The second-order valence-corrected chi connectivity index (χ2v) is 11.6. The monoisotopic (exact) mass is 630 g/mol. The van der Waals surface area contributed by atoms with Gasteiger partial charge in [-0.15, -0.1) is 0 Å². The number of hydrogen-bond donors (Lipinski definition) is 3. The lowest BCUT2D eigenvalue weighted by Crippen LogP contribution is -2.38. The molecule has 45 heavy (non-hydrogen) atoms. The quantitative estimate of drug-likeness (QED) is 0.143. The molecule has 1 fully saturated rings. The van der Waals surface area contributed by atoms with Gasteiger partial charge >= 0.3 is 12.0 Å². The molecule has 1 saturated heterocycles. The minimum Gasteiger partial charge on any atom is -0.465 e. The van der Waals surface area contributed by atoms with Crippen molar-refractivity contribution in [2.24, 2.45) is 7.05 Å². The summed E-state index contributed by atoms with van der Waals surface area (Å²) >= 11 is 1.66.